The predicted octanol–water partition coefficient (Wildman–Crippen LogP) is 1.99. The van der Waals surface area contributed by atoms with Gasteiger partial charge < -0.3 is 10.0 Å². The molecule has 0 aliphatic heterocycles. The lowest BCUT2D eigenvalue weighted by molar-refractivity contribution is 0.302. The molecule has 0 saturated carbocycles. The van der Waals surface area contributed by atoms with Crippen LogP contribution >= 0.6 is 0 Å². The molecule has 0 spiro atoms. The minimum atomic E-state index is 0.0909. The van der Waals surface area contributed by atoms with E-state index in [2.05, 4.69) is 4.98 Å². The van der Waals surface area contributed by atoms with Gasteiger partial charge in [0.1, 0.15) is 5.69 Å². The molecule has 0 unspecified atom stereocenters. The van der Waals surface area contributed by atoms with Crippen molar-refractivity contribution in [3.8, 4) is 0 Å². The standard InChI is InChI=1S/C10H14N3O/c1-2-13(7-8-14)10-6-4-3-5-9(10)12-11/h3-6,14H,2,7-8H2,1H3/q+1. The molecule has 0 radical (unpaired) electrons. The normalized spacial score (nSPS) is 9.50. The minimum Gasteiger partial charge on any atom is -0.395 e. The van der Waals surface area contributed by atoms with Crippen molar-refractivity contribution in [1.82, 2.24) is 0 Å². The zero-order valence-electron chi connectivity index (χ0n) is 8.22. The van der Waals surface area contributed by atoms with Crippen LogP contribution in [0.1, 0.15) is 6.92 Å². The number of nitrogens with zero attached hydrogens (tertiary/aromatic N) is 3. The maximum absolute atomic E-state index is 8.86. The molecule has 14 heavy (non-hydrogen) atoms. The van der Waals surface area contributed by atoms with Crippen LogP contribution in [0.15, 0.2) is 24.3 Å². The molecule has 4 heteroatoms. The lowest BCUT2D eigenvalue weighted by Crippen LogP contribution is -2.26. The number of diazo groups is 1. The molecule has 1 rings (SSSR count). The van der Waals surface area contributed by atoms with Gasteiger partial charge in [-0.05, 0) is 13.0 Å². The zero-order valence-corrected chi connectivity index (χ0v) is 8.22. The van der Waals surface area contributed by atoms with Gasteiger partial charge in [0, 0.05) is 19.2 Å². The Morgan fingerprint density at radius 2 is 2.14 bits per heavy atom. The molecule has 0 heterocycles. The largest absolute Gasteiger partial charge is 0.408 e. The van der Waals surface area contributed by atoms with Gasteiger partial charge in [0.05, 0.1) is 6.61 Å². The van der Waals surface area contributed by atoms with Crippen LogP contribution in [-0.2, 0) is 0 Å². The van der Waals surface area contributed by atoms with E-state index in [4.69, 9.17) is 10.5 Å². The van der Waals surface area contributed by atoms with E-state index in [-0.39, 0.29) is 6.61 Å². The zero-order chi connectivity index (χ0) is 10.4. The van der Waals surface area contributed by atoms with Crippen molar-refractivity contribution in [1.29, 1.82) is 5.39 Å². The first-order valence-electron chi connectivity index (χ1n) is 4.63. The Labute approximate surface area is 83.4 Å². The van der Waals surface area contributed by atoms with E-state index in [0.717, 1.165) is 12.2 Å². The summed E-state index contributed by atoms with van der Waals surface area (Å²) in [4.78, 5) is 5.15. The molecular weight excluding hydrogens is 178 g/mol. The molecule has 0 fully saturated rings. The van der Waals surface area contributed by atoms with Gasteiger partial charge in [-0.2, -0.15) is 0 Å². The van der Waals surface area contributed by atoms with E-state index in [0.29, 0.717) is 12.2 Å². The fourth-order valence-electron chi connectivity index (χ4n) is 1.39. The van der Waals surface area contributed by atoms with Crippen LogP contribution in [0.5, 0.6) is 0 Å². The lowest BCUT2D eigenvalue weighted by atomic mass is 10.2. The summed E-state index contributed by atoms with van der Waals surface area (Å²) in [5, 5.41) is 17.6. The maximum atomic E-state index is 8.86. The van der Waals surface area contributed by atoms with Crippen molar-refractivity contribution in [3.05, 3.63) is 29.2 Å². The summed E-state index contributed by atoms with van der Waals surface area (Å²) in [5.41, 5.74) is 1.37. The molecule has 0 saturated heterocycles. The average Bonchev–Trinajstić information content (AvgIpc) is 2.26. The van der Waals surface area contributed by atoms with Gasteiger partial charge in [-0.1, -0.05) is 12.1 Å². The summed E-state index contributed by atoms with van der Waals surface area (Å²) in [7, 11) is 0. The number of rotatable bonds is 4. The first kappa shape index (κ1) is 10.5. The smallest absolute Gasteiger partial charge is 0.395 e. The quantitative estimate of drug-likeness (QED) is 0.742. The second-order valence-corrected chi connectivity index (χ2v) is 2.89. The lowest BCUT2D eigenvalue weighted by Gasteiger charge is -2.19. The topological polar surface area (TPSA) is 51.6 Å². The second-order valence-electron chi connectivity index (χ2n) is 2.89. The number of aliphatic hydroxyl groups is 1. The molecule has 0 bridgehead atoms. The number of aliphatic hydroxyl groups excluding tert-OH is 1. The number of benzene rings is 1. The monoisotopic (exact) mass is 192 g/mol. The highest BCUT2D eigenvalue weighted by molar-refractivity contribution is 5.70. The molecule has 1 aromatic carbocycles. The average molecular weight is 192 g/mol. The van der Waals surface area contributed by atoms with Crippen molar-refractivity contribution in [2.45, 2.75) is 6.92 Å². The molecule has 0 aromatic heterocycles. The highest BCUT2D eigenvalue weighted by atomic mass is 16.3. The van der Waals surface area contributed by atoms with Crippen LogP contribution in [-0.4, -0.2) is 24.8 Å². The van der Waals surface area contributed by atoms with Gasteiger partial charge >= 0.3 is 5.69 Å². The summed E-state index contributed by atoms with van der Waals surface area (Å²) < 4.78 is 0. The molecule has 0 amide bonds. The molecule has 0 aliphatic rings. The fraction of sp³-hybridized carbons (Fsp3) is 0.400. The Balaban J connectivity index is 2.97. The molecule has 1 N–H and O–H groups in total. The Bertz CT molecular complexity index is 332. The first-order valence-corrected chi connectivity index (χ1v) is 4.63. The summed E-state index contributed by atoms with van der Waals surface area (Å²) >= 11 is 0. The molecule has 0 aliphatic carbocycles. The Hall–Kier alpha value is -1.60. The van der Waals surface area contributed by atoms with Crippen LogP contribution in [0.4, 0.5) is 11.4 Å². The summed E-state index contributed by atoms with van der Waals surface area (Å²) in [6.45, 7) is 3.40. The minimum absolute atomic E-state index is 0.0909. The Kier molecular flexibility index (Phi) is 3.89. The van der Waals surface area contributed by atoms with Gasteiger partial charge in [-0.25, -0.2) is 0 Å². The van der Waals surface area contributed by atoms with Gasteiger partial charge in [0.15, 0.2) is 4.98 Å². The third-order valence-electron chi connectivity index (χ3n) is 2.08. The highest BCUT2D eigenvalue weighted by Gasteiger charge is 2.16. The van der Waals surface area contributed by atoms with E-state index in [1.807, 2.05) is 30.0 Å². The summed E-state index contributed by atoms with van der Waals surface area (Å²) in [6.07, 6.45) is 0. The van der Waals surface area contributed by atoms with E-state index >= 15 is 0 Å². The van der Waals surface area contributed by atoms with Crippen LogP contribution in [0, 0.1) is 5.39 Å². The summed E-state index contributed by atoms with van der Waals surface area (Å²) in [5.74, 6) is 0. The van der Waals surface area contributed by atoms with E-state index in [1.54, 1.807) is 6.07 Å². The highest BCUT2D eigenvalue weighted by Crippen LogP contribution is 2.27. The predicted molar refractivity (Wildman–Crippen MR) is 56.2 cm³/mol. The van der Waals surface area contributed by atoms with Gasteiger partial charge in [-0.15, -0.1) is 0 Å². The van der Waals surface area contributed by atoms with Crippen molar-refractivity contribution < 1.29 is 5.11 Å². The van der Waals surface area contributed by atoms with E-state index in [1.165, 1.54) is 0 Å². The second kappa shape index (κ2) is 5.20. The van der Waals surface area contributed by atoms with Crippen molar-refractivity contribution >= 4 is 11.4 Å². The Morgan fingerprint density at radius 3 is 2.71 bits per heavy atom. The van der Waals surface area contributed by atoms with E-state index < -0.39 is 0 Å². The third kappa shape index (κ3) is 2.21. The molecular formula is C10H14N3O+. The fourth-order valence-corrected chi connectivity index (χ4v) is 1.39. The molecule has 1 aromatic rings. The third-order valence-corrected chi connectivity index (χ3v) is 2.08. The number of para-hydroxylation sites is 1. The Morgan fingerprint density at radius 1 is 1.43 bits per heavy atom. The number of likely N-dealkylation sites (N-methyl/N-ethyl adjacent to an activating group) is 1. The molecule has 0 atom stereocenters. The van der Waals surface area contributed by atoms with E-state index in [9.17, 15) is 0 Å². The van der Waals surface area contributed by atoms with Crippen LogP contribution < -0.4 is 4.90 Å². The molecule has 4 nitrogen and oxygen atoms in total. The number of hydrogen-bond donors (Lipinski definition) is 1. The number of anilines is 1. The van der Waals surface area contributed by atoms with Crippen molar-refractivity contribution in [2.24, 2.45) is 0 Å². The van der Waals surface area contributed by atoms with Crippen molar-refractivity contribution in [3.63, 3.8) is 0 Å². The van der Waals surface area contributed by atoms with Gasteiger partial charge in [0.2, 0.25) is 5.39 Å². The van der Waals surface area contributed by atoms with Crippen LogP contribution in [0.2, 0.25) is 0 Å². The maximum Gasteiger partial charge on any atom is 0.408 e. The van der Waals surface area contributed by atoms with Gasteiger partial charge in [0.25, 0.3) is 0 Å². The van der Waals surface area contributed by atoms with Crippen LogP contribution in [0.25, 0.3) is 4.98 Å². The summed E-state index contributed by atoms with van der Waals surface area (Å²) in [6, 6.07) is 7.29. The first-order chi connectivity index (χ1) is 6.83. The van der Waals surface area contributed by atoms with Crippen LogP contribution in [0.3, 0.4) is 0 Å². The number of hydrogen-bond acceptors (Lipinski definition) is 3. The SMILES string of the molecule is CCN(CCO)c1ccccc1[N+]#N. The van der Waals surface area contributed by atoms with Gasteiger partial charge in [-0.3, -0.25) is 0 Å². The van der Waals surface area contributed by atoms with Crippen molar-refractivity contribution in [2.75, 3.05) is 24.6 Å². The molecule has 74 valence electrons.